The molecule has 115 valence electrons. The fraction of sp³-hybridized carbons (Fsp3) is 0.438. The van der Waals surface area contributed by atoms with Crippen molar-refractivity contribution in [2.45, 2.75) is 26.2 Å². The summed E-state index contributed by atoms with van der Waals surface area (Å²) < 4.78 is 10.8. The van der Waals surface area contributed by atoms with Crippen LogP contribution in [0.5, 0.6) is 11.5 Å². The summed E-state index contributed by atoms with van der Waals surface area (Å²) in [5.41, 5.74) is 1.66. The molecule has 0 aliphatic carbocycles. The molecule has 5 nitrogen and oxygen atoms in total. The zero-order valence-corrected chi connectivity index (χ0v) is 12.8. The molecule has 0 aliphatic rings. The Hall–Kier alpha value is -2.04. The van der Waals surface area contributed by atoms with Crippen LogP contribution >= 0.6 is 0 Å². The molecule has 0 spiro atoms. The molecule has 0 saturated carbocycles. The van der Waals surface area contributed by atoms with Gasteiger partial charge in [-0.15, -0.1) is 0 Å². The van der Waals surface area contributed by atoms with Gasteiger partial charge in [0.2, 0.25) is 6.20 Å². The van der Waals surface area contributed by atoms with Gasteiger partial charge in [0.15, 0.2) is 0 Å². The molecule has 1 aromatic rings. The summed E-state index contributed by atoms with van der Waals surface area (Å²) >= 11 is 0. The molecule has 0 aromatic heterocycles. The van der Waals surface area contributed by atoms with Gasteiger partial charge in [0, 0.05) is 11.6 Å². The monoisotopic (exact) mass is 292 g/mol. The third kappa shape index (κ3) is 5.10. The molecule has 0 saturated heterocycles. The zero-order chi connectivity index (χ0) is 15.8. The van der Waals surface area contributed by atoms with Crippen molar-refractivity contribution in [3.63, 3.8) is 0 Å². The van der Waals surface area contributed by atoms with E-state index in [1.807, 2.05) is 0 Å². The van der Waals surface area contributed by atoms with Crippen LogP contribution < -0.4 is 9.47 Å². The molecule has 0 aliphatic heterocycles. The fourth-order valence-corrected chi connectivity index (χ4v) is 2.25. The molecule has 1 atom stereocenters. The maximum atomic E-state index is 10.4. The lowest BCUT2D eigenvalue weighted by Gasteiger charge is -2.17. The molecular weight excluding hydrogens is 270 g/mol. The summed E-state index contributed by atoms with van der Waals surface area (Å²) in [5, 5.41) is 10.4. The van der Waals surface area contributed by atoms with Crippen LogP contribution in [0.2, 0.25) is 0 Å². The van der Waals surface area contributed by atoms with Crippen molar-refractivity contribution in [1.29, 1.82) is 0 Å². The quantitative estimate of drug-likeness (QED) is 0.541. The Morgan fingerprint density at radius 2 is 1.90 bits per heavy atom. The molecule has 1 aromatic carbocycles. The first-order valence-electron chi connectivity index (χ1n) is 6.87. The number of rotatable bonds is 8. The van der Waals surface area contributed by atoms with Gasteiger partial charge >= 0.3 is 0 Å². The molecule has 1 unspecified atom stereocenters. The van der Waals surface area contributed by atoms with E-state index in [1.54, 1.807) is 26.4 Å². The highest BCUT2D eigenvalue weighted by Crippen LogP contribution is 2.33. The number of methoxy groups -OCH3 is 2. The molecule has 0 N–H and O–H groups in total. The van der Waals surface area contributed by atoms with Gasteiger partial charge in [0.1, 0.15) is 11.5 Å². The number of nitrogens with zero attached hydrogens (tertiary/aromatic N) is 1. The maximum absolute atomic E-state index is 10.4. The number of hydrogen-bond donors (Lipinski definition) is 0. The van der Waals surface area contributed by atoms with E-state index in [1.165, 1.54) is 6.08 Å². The molecule has 1 rings (SSSR count). The molecular formula is C16H22NO4. The van der Waals surface area contributed by atoms with Crippen LogP contribution in [0.4, 0.5) is 0 Å². The first-order chi connectivity index (χ1) is 10.0. The lowest BCUT2D eigenvalue weighted by Crippen LogP contribution is -2.04. The molecule has 0 heterocycles. The van der Waals surface area contributed by atoms with Crippen molar-refractivity contribution in [2.75, 3.05) is 14.2 Å². The minimum Gasteiger partial charge on any atom is -0.496 e. The molecule has 1 radical (unpaired) electrons. The third-order valence-corrected chi connectivity index (χ3v) is 3.27. The van der Waals surface area contributed by atoms with E-state index in [9.17, 15) is 10.1 Å². The Kier molecular flexibility index (Phi) is 6.72. The minimum absolute atomic E-state index is 0.463. The highest BCUT2D eigenvalue weighted by atomic mass is 16.6. The molecule has 0 fully saturated rings. The van der Waals surface area contributed by atoms with E-state index in [0.717, 1.165) is 31.0 Å². The highest BCUT2D eigenvalue weighted by molar-refractivity contribution is 5.58. The zero-order valence-electron chi connectivity index (χ0n) is 12.8. The van der Waals surface area contributed by atoms with Gasteiger partial charge in [-0.3, -0.25) is 10.1 Å². The average Bonchev–Trinajstić information content (AvgIpc) is 2.45. The van der Waals surface area contributed by atoms with Crippen LogP contribution in [0.3, 0.4) is 0 Å². The van der Waals surface area contributed by atoms with Gasteiger partial charge in [-0.1, -0.05) is 26.7 Å². The van der Waals surface area contributed by atoms with Crippen molar-refractivity contribution in [1.82, 2.24) is 0 Å². The van der Waals surface area contributed by atoms with Gasteiger partial charge in [0.05, 0.1) is 19.1 Å². The van der Waals surface area contributed by atoms with E-state index in [0.29, 0.717) is 23.0 Å². The third-order valence-electron chi connectivity index (χ3n) is 3.27. The van der Waals surface area contributed by atoms with E-state index in [4.69, 9.17) is 9.47 Å². The Morgan fingerprint density at radius 3 is 2.33 bits per heavy atom. The Bertz CT molecular complexity index is 486. The number of benzene rings is 1. The highest BCUT2D eigenvalue weighted by Gasteiger charge is 2.15. The summed E-state index contributed by atoms with van der Waals surface area (Å²) in [7, 11) is 3.18. The topological polar surface area (TPSA) is 61.6 Å². The standard InChI is InChI=1S/C16H22NO4/c1-5-6-12(2)9-14-15(20-3)10-13(7-8-17(18)19)11-16(14)21-4/h7-8,10-12H,1,5-6,9H2,2-4H3/b8-7+. The molecule has 21 heavy (non-hydrogen) atoms. The summed E-state index contributed by atoms with van der Waals surface area (Å²) in [6.07, 6.45) is 5.05. The number of hydrogen-bond acceptors (Lipinski definition) is 4. The van der Waals surface area contributed by atoms with Crippen molar-refractivity contribution in [3.05, 3.63) is 46.5 Å². The van der Waals surface area contributed by atoms with Crippen LogP contribution in [0.1, 0.15) is 30.9 Å². The molecule has 0 bridgehead atoms. The van der Waals surface area contributed by atoms with Crippen LogP contribution in [-0.2, 0) is 6.42 Å². The first-order valence-corrected chi connectivity index (χ1v) is 6.87. The van der Waals surface area contributed by atoms with Gasteiger partial charge in [-0.05, 0) is 30.0 Å². The van der Waals surface area contributed by atoms with Gasteiger partial charge in [-0.25, -0.2) is 0 Å². The Labute approximate surface area is 125 Å². The maximum Gasteiger partial charge on any atom is 0.235 e. The number of ether oxygens (including phenoxy) is 2. The van der Waals surface area contributed by atoms with Crippen molar-refractivity contribution in [2.24, 2.45) is 5.92 Å². The van der Waals surface area contributed by atoms with E-state index < -0.39 is 4.92 Å². The van der Waals surface area contributed by atoms with Gasteiger partial charge < -0.3 is 9.47 Å². The van der Waals surface area contributed by atoms with Crippen LogP contribution in [0.15, 0.2) is 18.3 Å². The number of nitro groups is 1. The average molecular weight is 292 g/mol. The van der Waals surface area contributed by atoms with Crippen molar-refractivity contribution in [3.8, 4) is 11.5 Å². The van der Waals surface area contributed by atoms with Gasteiger partial charge in [-0.2, -0.15) is 0 Å². The summed E-state index contributed by atoms with van der Waals surface area (Å²) in [6.45, 7) is 6.03. The Morgan fingerprint density at radius 1 is 1.33 bits per heavy atom. The largest absolute Gasteiger partial charge is 0.496 e. The van der Waals surface area contributed by atoms with E-state index >= 15 is 0 Å². The second kappa shape index (κ2) is 8.29. The predicted molar refractivity (Wildman–Crippen MR) is 83.0 cm³/mol. The van der Waals surface area contributed by atoms with Crippen molar-refractivity contribution < 1.29 is 14.4 Å². The summed E-state index contributed by atoms with van der Waals surface area (Å²) in [5.74, 6) is 1.84. The van der Waals surface area contributed by atoms with E-state index in [-0.39, 0.29) is 0 Å². The van der Waals surface area contributed by atoms with Crippen LogP contribution in [-0.4, -0.2) is 19.1 Å². The van der Waals surface area contributed by atoms with Crippen LogP contribution in [0, 0.1) is 23.0 Å². The second-order valence-corrected chi connectivity index (χ2v) is 4.96. The lowest BCUT2D eigenvalue weighted by molar-refractivity contribution is -0.400. The Balaban J connectivity index is 3.15. The minimum atomic E-state index is -0.497. The summed E-state index contributed by atoms with van der Waals surface area (Å²) in [4.78, 5) is 9.92. The molecule has 0 amide bonds. The predicted octanol–water partition coefficient (Wildman–Crippen LogP) is 3.74. The van der Waals surface area contributed by atoms with Crippen LogP contribution in [0.25, 0.3) is 6.08 Å². The first kappa shape index (κ1) is 17.0. The second-order valence-electron chi connectivity index (χ2n) is 4.96. The SMILES string of the molecule is [CH2]CCC(C)Cc1c(OC)cc(/C=C/[N+](=O)[O-])cc1OC. The lowest BCUT2D eigenvalue weighted by atomic mass is 9.94. The smallest absolute Gasteiger partial charge is 0.235 e. The fourth-order valence-electron chi connectivity index (χ4n) is 2.25. The summed E-state index contributed by atoms with van der Waals surface area (Å²) in [6, 6.07) is 3.57. The molecule has 5 heteroatoms. The normalized spacial score (nSPS) is 12.4. The van der Waals surface area contributed by atoms with Crippen molar-refractivity contribution >= 4 is 6.08 Å². The van der Waals surface area contributed by atoms with Gasteiger partial charge in [0.25, 0.3) is 0 Å². The van der Waals surface area contributed by atoms with E-state index in [2.05, 4.69) is 13.8 Å².